The molecule has 32 heavy (non-hydrogen) atoms. The van der Waals surface area contributed by atoms with Crippen molar-refractivity contribution >= 4 is 17.5 Å². The number of halogens is 4. The number of benzene rings is 1. The number of hydrogen-bond acceptors (Lipinski definition) is 5. The summed E-state index contributed by atoms with van der Waals surface area (Å²) in [5.41, 5.74) is 5.16. The van der Waals surface area contributed by atoms with Gasteiger partial charge in [0.25, 0.3) is 0 Å². The van der Waals surface area contributed by atoms with Crippen LogP contribution < -0.4 is 16.0 Å². The lowest BCUT2D eigenvalue weighted by atomic mass is 9.88. The Bertz CT molecular complexity index is 956. The van der Waals surface area contributed by atoms with Gasteiger partial charge in [-0.25, -0.2) is 9.97 Å². The van der Waals surface area contributed by atoms with Gasteiger partial charge < -0.3 is 16.0 Å². The van der Waals surface area contributed by atoms with Crippen molar-refractivity contribution in [2.75, 3.05) is 16.8 Å². The van der Waals surface area contributed by atoms with Crippen molar-refractivity contribution in [1.29, 1.82) is 0 Å². The molecule has 3 N–H and O–H groups in total. The maximum atomic E-state index is 15.4. The Morgan fingerprint density at radius 1 is 1.22 bits per heavy atom. The number of rotatable bonds is 6. The maximum Gasteiger partial charge on any atom is 0.416 e. The predicted octanol–water partition coefficient (Wildman–Crippen LogP) is 4.68. The molecule has 3 rings (SSSR count). The SMILES string of the molecule is CC(C)(C)CC(Nc1ncnc(N2CCC[C@@H]2c2ccc(C(F)(F)F)cc2)c1F)C(N)=O. The summed E-state index contributed by atoms with van der Waals surface area (Å²) >= 11 is 0. The minimum absolute atomic E-state index is 0.0314. The van der Waals surface area contributed by atoms with E-state index < -0.39 is 29.5 Å². The first kappa shape index (κ1) is 23.7. The fourth-order valence-corrected chi connectivity index (χ4v) is 3.92. The van der Waals surface area contributed by atoms with Gasteiger partial charge in [0.05, 0.1) is 11.6 Å². The van der Waals surface area contributed by atoms with Crippen LogP contribution >= 0.6 is 0 Å². The molecule has 1 fully saturated rings. The van der Waals surface area contributed by atoms with Crippen molar-refractivity contribution in [3.63, 3.8) is 0 Å². The average molecular weight is 453 g/mol. The molecule has 1 aliphatic heterocycles. The summed E-state index contributed by atoms with van der Waals surface area (Å²) in [6.45, 7) is 6.29. The number of hydrogen-bond donors (Lipinski definition) is 2. The molecule has 0 aliphatic carbocycles. The van der Waals surface area contributed by atoms with E-state index in [1.54, 1.807) is 4.90 Å². The van der Waals surface area contributed by atoms with Gasteiger partial charge in [-0.05, 0) is 42.4 Å². The van der Waals surface area contributed by atoms with Gasteiger partial charge in [-0.2, -0.15) is 17.6 Å². The summed E-state index contributed by atoms with van der Waals surface area (Å²) in [5, 5.41) is 2.79. The number of carbonyl (C=O) groups is 1. The van der Waals surface area contributed by atoms with Crippen molar-refractivity contribution in [3.8, 4) is 0 Å². The summed E-state index contributed by atoms with van der Waals surface area (Å²) in [5.74, 6) is -1.46. The lowest BCUT2D eigenvalue weighted by molar-refractivity contribution is -0.137. The average Bonchev–Trinajstić information content (AvgIpc) is 3.17. The van der Waals surface area contributed by atoms with Crippen LogP contribution in [0.3, 0.4) is 0 Å². The molecule has 1 aromatic carbocycles. The number of amides is 1. The van der Waals surface area contributed by atoms with Crippen LogP contribution in [0.15, 0.2) is 30.6 Å². The molecule has 0 spiro atoms. The van der Waals surface area contributed by atoms with Gasteiger partial charge in [0.15, 0.2) is 11.6 Å². The third kappa shape index (κ3) is 5.46. The van der Waals surface area contributed by atoms with Gasteiger partial charge >= 0.3 is 6.18 Å². The van der Waals surface area contributed by atoms with Crippen LogP contribution in [0.2, 0.25) is 0 Å². The molecular weight excluding hydrogens is 426 g/mol. The summed E-state index contributed by atoms with van der Waals surface area (Å²) in [7, 11) is 0. The molecule has 0 bridgehead atoms. The highest BCUT2D eigenvalue weighted by atomic mass is 19.4. The molecule has 1 amide bonds. The zero-order valence-corrected chi connectivity index (χ0v) is 18.2. The Balaban J connectivity index is 1.87. The van der Waals surface area contributed by atoms with E-state index in [0.717, 1.165) is 18.6 Å². The number of primary amides is 1. The Morgan fingerprint density at radius 3 is 2.44 bits per heavy atom. The van der Waals surface area contributed by atoms with Gasteiger partial charge in [0.2, 0.25) is 11.7 Å². The van der Waals surface area contributed by atoms with E-state index in [0.29, 0.717) is 24.9 Å². The maximum absolute atomic E-state index is 15.4. The number of nitrogens with two attached hydrogens (primary N) is 1. The monoisotopic (exact) mass is 453 g/mol. The fourth-order valence-electron chi connectivity index (χ4n) is 3.92. The Morgan fingerprint density at radius 2 is 1.88 bits per heavy atom. The zero-order chi connectivity index (χ0) is 23.7. The summed E-state index contributed by atoms with van der Waals surface area (Å²) in [6, 6.07) is 3.73. The largest absolute Gasteiger partial charge is 0.416 e. The van der Waals surface area contributed by atoms with Crippen LogP contribution in [0.5, 0.6) is 0 Å². The molecule has 6 nitrogen and oxygen atoms in total. The topological polar surface area (TPSA) is 84.1 Å². The van der Waals surface area contributed by atoms with Crippen molar-refractivity contribution in [2.45, 2.75) is 58.3 Å². The zero-order valence-electron chi connectivity index (χ0n) is 18.2. The van der Waals surface area contributed by atoms with Gasteiger partial charge in [-0.3, -0.25) is 4.79 Å². The van der Waals surface area contributed by atoms with Crippen molar-refractivity contribution in [3.05, 3.63) is 47.5 Å². The van der Waals surface area contributed by atoms with E-state index in [1.807, 2.05) is 20.8 Å². The number of carbonyl (C=O) groups excluding carboxylic acids is 1. The van der Waals surface area contributed by atoms with E-state index in [-0.39, 0.29) is 23.1 Å². The Hall–Kier alpha value is -2.91. The molecule has 0 radical (unpaired) electrons. The molecule has 1 unspecified atom stereocenters. The van der Waals surface area contributed by atoms with E-state index in [1.165, 1.54) is 18.5 Å². The molecule has 1 saturated heterocycles. The molecule has 1 aromatic heterocycles. The fraction of sp³-hybridized carbons (Fsp3) is 0.500. The highest BCUT2D eigenvalue weighted by molar-refractivity contribution is 5.82. The standard InChI is InChI=1S/C22H27F4N5O/c1-21(2,3)11-15(18(27)32)30-19-17(23)20(29-12-28-19)31-10-4-5-16(31)13-6-8-14(9-7-13)22(24,25)26/h6-9,12,15-16H,4-5,10-11H2,1-3H3,(H2,27,32)(H,28,29,30)/t15?,16-/m1/s1. The van der Waals surface area contributed by atoms with Gasteiger partial charge in [-0.15, -0.1) is 0 Å². The van der Waals surface area contributed by atoms with Crippen LogP contribution in [0, 0.1) is 11.2 Å². The van der Waals surface area contributed by atoms with Crippen molar-refractivity contribution < 1.29 is 22.4 Å². The molecule has 2 heterocycles. The van der Waals surface area contributed by atoms with Gasteiger partial charge in [0.1, 0.15) is 12.4 Å². The van der Waals surface area contributed by atoms with Crippen LogP contribution in [0.1, 0.15) is 57.2 Å². The van der Waals surface area contributed by atoms with Crippen LogP contribution in [0.25, 0.3) is 0 Å². The first-order chi connectivity index (χ1) is 14.9. The second-order valence-corrected chi connectivity index (χ2v) is 9.20. The van der Waals surface area contributed by atoms with Crippen LogP contribution in [0.4, 0.5) is 29.2 Å². The minimum atomic E-state index is -4.42. The highest BCUT2D eigenvalue weighted by Crippen LogP contribution is 2.38. The Labute approximate surface area is 184 Å². The van der Waals surface area contributed by atoms with E-state index in [4.69, 9.17) is 5.73 Å². The van der Waals surface area contributed by atoms with Crippen molar-refractivity contribution in [1.82, 2.24) is 9.97 Å². The molecular formula is C22H27F4N5O. The van der Waals surface area contributed by atoms with Crippen LogP contribution in [-0.2, 0) is 11.0 Å². The third-order valence-corrected chi connectivity index (χ3v) is 5.39. The van der Waals surface area contributed by atoms with Crippen LogP contribution in [-0.4, -0.2) is 28.5 Å². The van der Waals surface area contributed by atoms with Gasteiger partial charge in [-0.1, -0.05) is 32.9 Å². The van der Waals surface area contributed by atoms with Crippen molar-refractivity contribution in [2.24, 2.45) is 11.1 Å². The number of alkyl halides is 3. The molecule has 1 aliphatic rings. The third-order valence-electron chi connectivity index (χ3n) is 5.39. The number of anilines is 2. The van der Waals surface area contributed by atoms with E-state index >= 15 is 4.39 Å². The normalized spacial score (nSPS) is 18.0. The molecule has 2 atom stereocenters. The smallest absolute Gasteiger partial charge is 0.368 e. The second-order valence-electron chi connectivity index (χ2n) is 9.20. The number of aromatic nitrogens is 2. The molecule has 174 valence electrons. The quantitative estimate of drug-likeness (QED) is 0.621. The predicted molar refractivity (Wildman–Crippen MR) is 113 cm³/mol. The highest BCUT2D eigenvalue weighted by Gasteiger charge is 2.33. The second kappa shape index (κ2) is 8.91. The van der Waals surface area contributed by atoms with E-state index in [2.05, 4.69) is 15.3 Å². The summed E-state index contributed by atoms with van der Waals surface area (Å²) in [6.07, 6.45) is -1.48. The first-order valence-electron chi connectivity index (χ1n) is 10.4. The summed E-state index contributed by atoms with van der Waals surface area (Å²) in [4.78, 5) is 21.6. The molecule has 0 saturated carbocycles. The lowest BCUT2D eigenvalue weighted by Crippen LogP contribution is -2.39. The minimum Gasteiger partial charge on any atom is -0.368 e. The van der Waals surface area contributed by atoms with Gasteiger partial charge in [0, 0.05) is 6.54 Å². The molecule has 2 aromatic rings. The molecule has 10 heteroatoms. The number of nitrogens with one attached hydrogen (secondary N) is 1. The first-order valence-corrected chi connectivity index (χ1v) is 10.4. The number of nitrogens with zero attached hydrogens (tertiary/aromatic N) is 3. The lowest BCUT2D eigenvalue weighted by Gasteiger charge is -2.28. The van der Waals surface area contributed by atoms with E-state index in [9.17, 15) is 18.0 Å². The summed E-state index contributed by atoms with van der Waals surface area (Å²) < 4.78 is 54.0. The Kier molecular flexibility index (Phi) is 6.61.